The summed E-state index contributed by atoms with van der Waals surface area (Å²) < 4.78 is 32.0. The summed E-state index contributed by atoms with van der Waals surface area (Å²) in [6, 6.07) is 17.1. The first-order valence-electron chi connectivity index (χ1n) is 14.2. The fraction of sp³-hybridized carbons (Fsp3) is 0.485. The minimum atomic E-state index is -1.17. The van der Waals surface area contributed by atoms with Crippen molar-refractivity contribution in [3.05, 3.63) is 89.0 Å². The van der Waals surface area contributed by atoms with E-state index in [1.165, 1.54) is 28.8 Å². The van der Waals surface area contributed by atoms with E-state index in [1.54, 1.807) is 12.1 Å². The van der Waals surface area contributed by atoms with Crippen LogP contribution in [0.5, 0.6) is 0 Å². The molecule has 208 valence electrons. The monoisotopic (exact) mass is 547 g/mol. The molecule has 5 atom stereocenters. The Morgan fingerprint density at radius 2 is 1.79 bits per heavy atom. The third kappa shape index (κ3) is 5.69. The average molecular weight is 548 g/mol. The molecule has 0 bridgehead atoms. The maximum absolute atomic E-state index is 13.6. The Kier molecular flexibility index (Phi) is 7.73. The van der Waals surface area contributed by atoms with Crippen molar-refractivity contribution in [2.75, 3.05) is 0 Å². The molecular formula is C33H42FN3OS. The van der Waals surface area contributed by atoms with Crippen LogP contribution in [-0.2, 0) is 17.4 Å². The summed E-state index contributed by atoms with van der Waals surface area (Å²) in [5.74, 6) is 1.29. The van der Waals surface area contributed by atoms with Crippen LogP contribution in [0.1, 0.15) is 83.7 Å². The second-order valence-corrected chi connectivity index (χ2v) is 15.1. The lowest BCUT2D eigenvalue weighted by Gasteiger charge is -2.38. The van der Waals surface area contributed by atoms with Gasteiger partial charge in [0, 0.05) is 6.04 Å². The molecule has 6 heteroatoms. The van der Waals surface area contributed by atoms with Crippen LogP contribution in [0, 0.1) is 29.0 Å². The first-order chi connectivity index (χ1) is 18.5. The predicted molar refractivity (Wildman–Crippen MR) is 159 cm³/mol. The van der Waals surface area contributed by atoms with E-state index in [-0.39, 0.29) is 22.0 Å². The first-order valence-corrected chi connectivity index (χ1v) is 15.4. The number of aromatic nitrogens is 2. The molecule has 0 radical (unpaired) electrons. The fourth-order valence-electron chi connectivity index (χ4n) is 6.65. The van der Waals surface area contributed by atoms with Crippen molar-refractivity contribution in [3.63, 3.8) is 0 Å². The fourth-order valence-corrected chi connectivity index (χ4v) is 7.50. The van der Waals surface area contributed by atoms with Gasteiger partial charge in [-0.25, -0.2) is 18.0 Å². The second kappa shape index (κ2) is 10.8. The summed E-state index contributed by atoms with van der Waals surface area (Å²) in [6.07, 6.45) is 8.51. The number of nitrogens with one attached hydrogen (secondary N) is 1. The lowest BCUT2D eigenvalue weighted by molar-refractivity contribution is 0.237. The third-order valence-corrected chi connectivity index (χ3v) is 10.3. The van der Waals surface area contributed by atoms with Crippen LogP contribution in [0.15, 0.2) is 66.4 Å². The molecule has 0 spiro atoms. The summed E-state index contributed by atoms with van der Waals surface area (Å²) in [5, 5.41) is 4.74. The highest BCUT2D eigenvalue weighted by Gasteiger charge is 2.50. The van der Waals surface area contributed by atoms with Gasteiger partial charge in [-0.2, -0.15) is 5.10 Å². The highest BCUT2D eigenvalue weighted by molar-refractivity contribution is 7.84. The van der Waals surface area contributed by atoms with Crippen molar-refractivity contribution in [3.8, 4) is 5.69 Å². The molecule has 0 aliphatic heterocycles. The molecule has 2 aliphatic rings. The van der Waals surface area contributed by atoms with E-state index in [9.17, 15) is 8.60 Å². The number of halogens is 1. The van der Waals surface area contributed by atoms with E-state index < -0.39 is 11.0 Å². The molecular weight excluding hydrogens is 505 g/mol. The summed E-state index contributed by atoms with van der Waals surface area (Å²) in [5.41, 5.74) is 5.95. The van der Waals surface area contributed by atoms with E-state index in [0.29, 0.717) is 17.8 Å². The third-order valence-electron chi connectivity index (χ3n) is 8.66. The van der Waals surface area contributed by atoms with E-state index in [1.807, 2.05) is 37.7 Å². The van der Waals surface area contributed by atoms with Gasteiger partial charge in [-0.1, -0.05) is 56.7 Å². The van der Waals surface area contributed by atoms with Gasteiger partial charge in [0.05, 0.1) is 33.3 Å². The largest absolute Gasteiger partial charge is 0.242 e. The van der Waals surface area contributed by atoms with E-state index >= 15 is 0 Å². The van der Waals surface area contributed by atoms with Gasteiger partial charge in [0.25, 0.3) is 0 Å². The Balaban J connectivity index is 1.51. The molecule has 2 aromatic carbocycles. The number of benzene rings is 2. The molecule has 3 aromatic rings. The smallest absolute Gasteiger partial charge is 0.123 e. The highest BCUT2D eigenvalue weighted by atomic mass is 32.2. The predicted octanol–water partition coefficient (Wildman–Crippen LogP) is 7.82. The van der Waals surface area contributed by atoms with Crippen LogP contribution in [0.2, 0.25) is 0 Å². The summed E-state index contributed by atoms with van der Waals surface area (Å²) >= 11 is 0. The minimum Gasteiger partial charge on any atom is -0.242 e. The van der Waals surface area contributed by atoms with Gasteiger partial charge in [0.1, 0.15) is 5.82 Å². The van der Waals surface area contributed by atoms with E-state index in [2.05, 4.69) is 55.8 Å². The minimum absolute atomic E-state index is 0.00114. The van der Waals surface area contributed by atoms with Crippen LogP contribution >= 0.6 is 0 Å². The molecule has 4 nitrogen and oxygen atoms in total. The van der Waals surface area contributed by atoms with Crippen molar-refractivity contribution < 1.29 is 8.60 Å². The lowest BCUT2D eigenvalue weighted by atomic mass is 9.67. The highest BCUT2D eigenvalue weighted by Crippen LogP contribution is 2.59. The number of nitrogens with zero attached hydrogens (tertiary/aromatic N) is 2. The van der Waals surface area contributed by atoms with Crippen LogP contribution < -0.4 is 4.72 Å². The van der Waals surface area contributed by atoms with Crippen LogP contribution in [0.3, 0.4) is 0 Å². The second-order valence-electron chi connectivity index (χ2n) is 13.1. The van der Waals surface area contributed by atoms with Gasteiger partial charge in [0.15, 0.2) is 0 Å². The zero-order chi connectivity index (χ0) is 27.9. The molecule has 39 heavy (non-hydrogen) atoms. The standard InChI is InChI=1S/C33H42FN3OS/c1-22(2)16-24-17-26(18-30(23-10-8-7-9-11-23)36-39(38)32(3,4)5)33(6)20-25-21-35-37(31(25)19-29(24)33)28-14-12-27(34)13-15-28/h7-15,19,21-22,24,26,30,36H,16-18,20H2,1-6H3. The van der Waals surface area contributed by atoms with Crippen molar-refractivity contribution in [2.45, 2.75) is 78.0 Å². The van der Waals surface area contributed by atoms with Gasteiger partial charge in [-0.15, -0.1) is 0 Å². The maximum atomic E-state index is 13.6. The number of allylic oxidation sites excluding steroid dienone is 1. The topological polar surface area (TPSA) is 46.9 Å². The molecule has 5 unspecified atom stereocenters. The van der Waals surface area contributed by atoms with Gasteiger partial charge in [-0.3, -0.25) is 0 Å². The Labute approximate surface area is 235 Å². The van der Waals surface area contributed by atoms with Crippen LogP contribution in [0.4, 0.5) is 4.39 Å². The van der Waals surface area contributed by atoms with Crippen molar-refractivity contribution in [1.29, 1.82) is 0 Å². The number of hydrogen-bond donors (Lipinski definition) is 1. The first kappa shape index (κ1) is 28.0. The number of fused-ring (bicyclic) bond motifs is 2. The molecule has 0 saturated heterocycles. The summed E-state index contributed by atoms with van der Waals surface area (Å²) in [4.78, 5) is 0. The molecule has 1 heterocycles. The van der Waals surface area contributed by atoms with Crippen LogP contribution in [0.25, 0.3) is 11.8 Å². The normalized spacial score (nSPS) is 24.3. The van der Waals surface area contributed by atoms with Gasteiger partial charge in [-0.05, 0) is 111 Å². The average Bonchev–Trinajstić information content (AvgIpc) is 3.39. The summed E-state index contributed by atoms with van der Waals surface area (Å²) in [6.45, 7) is 13.1. The van der Waals surface area contributed by atoms with Gasteiger partial charge >= 0.3 is 0 Å². The molecule has 1 aromatic heterocycles. The molecule has 1 saturated carbocycles. The number of rotatable bonds is 8. The Bertz CT molecular complexity index is 1360. The lowest BCUT2D eigenvalue weighted by Crippen LogP contribution is -2.38. The molecule has 1 N–H and O–H groups in total. The summed E-state index contributed by atoms with van der Waals surface area (Å²) in [7, 11) is -1.17. The van der Waals surface area contributed by atoms with Gasteiger partial charge < -0.3 is 0 Å². The van der Waals surface area contributed by atoms with Crippen molar-refractivity contribution in [1.82, 2.24) is 14.5 Å². The number of hydrogen-bond acceptors (Lipinski definition) is 2. The van der Waals surface area contributed by atoms with Crippen molar-refractivity contribution in [2.24, 2.45) is 23.2 Å². The van der Waals surface area contributed by atoms with Crippen molar-refractivity contribution >= 4 is 17.1 Å². The Hall–Kier alpha value is -2.57. The Morgan fingerprint density at radius 3 is 2.44 bits per heavy atom. The van der Waals surface area contributed by atoms with E-state index in [0.717, 1.165) is 37.1 Å². The molecule has 2 aliphatic carbocycles. The van der Waals surface area contributed by atoms with Crippen LogP contribution in [-0.4, -0.2) is 18.7 Å². The molecule has 5 rings (SSSR count). The maximum Gasteiger partial charge on any atom is 0.123 e. The zero-order valence-electron chi connectivity index (χ0n) is 24.1. The zero-order valence-corrected chi connectivity index (χ0v) is 24.9. The van der Waals surface area contributed by atoms with E-state index in [4.69, 9.17) is 5.10 Å². The molecule has 0 amide bonds. The quantitative estimate of drug-likeness (QED) is 0.312. The Morgan fingerprint density at radius 1 is 1.10 bits per heavy atom. The SMILES string of the molecule is CC(C)CC1CC(CC(NS(=O)C(C)(C)C)c2ccccc2)C2(C)Cc3cnn(-c4ccc(F)cc4)c3C=C12. The molecule has 1 fully saturated rings. The van der Waals surface area contributed by atoms with Gasteiger partial charge in [0.2, 0.25) is 0 Å².